The highest BCUT2D eigenvalue weighted by Gasteiger charge is 2.23. The minimum Gasteiger partial charge on any atom is -0.497 e. The van der Waals surface area contributed by atoms with Crippen LogP contribution in [-0.4, -0.2) is 27.6 Å². The van der Waals surface area contributed by atoms with Crippen molar-refractivity contribution in [2.24, 2.45) is 0 Å². The summed E-state index contributed by atoms with van der Waals surface area (Å²) >= 11 is 0.985. The van der Waals surface area contributed by atoms with Gasteiger partial charge >= 0.3 is 5.97 Å². The van der Waals surface area contributed by atoms with Gasteiger partial charge in [-0.2, -0.15) is 0 Å². The van der Waals surface area contributed by atoms with Gasteiger partial charge in [0.05, 0.1) is 18.5 Å². The maximum atomic E-state index is 13.2. The van der Waals surface area contributed by atoms with Gasteiger partial charge in [0, 0.05) is 11.1 Å². The molecule has 1 N–H and O–H groups in total. The fraction of sp³-hybridized carbons (Fsp3) is 0.125. The molecule has 156 valence electrons. The molecule has 0 fully saturated rings. The van der Waals surface area contributed by atoms with E-state index in [2.05, 4.69) is 4.98 Å². The highest BCUT2D eigenvalue weighted by Crippen LogP contribution is 2.32. The smallest absolute Gasteiger partial charge is 0.348 e. The first-order valence-corrected chi connectivity index (χ1v) is 10.4. The summed E-state index contributed by atoms with van der Waals surface area (Å²) in [6.45, 7) is 3.71. The van der Waals surface area contributed by atoms with Crippen LogP contribution in [0, 0.1) is 13.8 Å². The van der Waals surface area contributed by atoms with Crippen molar-refractivity contribution >= 4 is 34.4 Å². The monoisotopic (exact) mass is 432 g/mol. The first-order valence-electron chi connectivity index (χ1n) is 9.57. The number of carboxylic acids is 1. The molecule has 0 aliphatic rings. The van der Waals surface area contributed by atoms with Crippen LogP contribution >= 0.6 is 11.3 Å². The van der Waals surface area contributed by atoms with Gasteiger partial charge in [0.1, 0.15) is 10.6 Å². The maximum Gasteiger partial charge on any atom is 0.348 e. The molecule has 4 rings (SSSR count). The Kier molecular flexibility index (Phi) is 5.44. The summed E-state index contributed by atoms with van der Waals surface area (Å²) < 4.78 is 6.56. The van der Waals surface area contributed by atoms with Gasteiger partial charge in [0.2, 0.25) is 0 Å². The standard InChI is InChI=1S/C24H20N2O4S/c1-14-5-4-6-16(13-14)7-12-19-15(2)22(27)26-20(17-8-10-18(30-3)11-9-17)21(23(28)29)31-24(26)25-19/h4-13H,1-3H3,(H,28,29). The second-order valence-corrected chi connectivity index (χ2v) is 8.08. The van der Waals surface area contributed by atoms with Crippen molar-refractivity contribution in [1.82, 2.24) is 9.38 Å². The largest absolute Gasteiger partial charge is 0.497 e. The molecule has 0 atom stereocenters. The van der Waals surface area contributed by atoms with Gasteiger partial charge in [-0.3, -0.25) is 4.79 Å². The molecule has 7 heteroatoms. The Morgan fingerprint density at radius 1 is 1.13 bits per heavy atom. The van der Waals surface area contributed by atoms with E-state index in [1.807, 2.05) is 37.3 Å². The number of nitrogens with zero attached hydrogens (tertiary/aromatic N) is 2. The molecule has 0 bridgehead atoms. The lowest BCUT2D eigenvalue weighted by molar-refractivity contribution is 0.0702. The Labute approximate surface area is 182 Å². The molecule has 2 heterocycles. The molecule has 0 aliphatic heterocycles. The van der Waals surface area contributed by atoms with E-state index < -0.39 is 5.97 Å². The van der Waals surface area contributed by atoms with Gasteiger partial charge in [-0.05, 0) is 49.8 Å². The van der Waals surface area contributed by atoms with Crippen LogP contribution in [-0.2, 0) is 0 Å². The third-order valence-corrected chi connectivity index (χ3v) is 6.01. The topological polar surface area (TPSA) is 80.9 Å². The minimum atomic E-state index is -1.10. The maximum absolute atomic E-state index is 13.2. The zero-order valence-corrected chi connectivity index (χ0v) is 18.1. The molecule has 0 saturated carbocycles. The minimum absolute atomic E-state index is 0.0639. The molecule has 31 heavy (non-hydrogen) atoms. The SMILES string of the molecule is COc1ccc(-c2c(C(=O)O)sc3nc(C=Cc4cccc(C)c4)c(C)c(=O)n23)cc1. The summed E-state index contributed by atoms with van der Waals surface area (Å²) in [4.78, 5) is 30.2. The molecule has 0 spiro atoms. The first-order chi connectivity index (χ1) is 14.9. The van der Waals surface area contributed by atoms with E-state index in [0.29, 0.717) is 33.2 Å². The van der Waals surface area contributed by atoms with Crippen molar-refractivity contribution in [3.8, 4) is 17.0 Å². The molecule has 0 aliphatic carbocycles. The number of hydrogen-bond acceptors (Lipinski definition) is 5. The molecule has 2 aromatic heterocycles. The summed E-state index contributed by atoms with van der Waals surface area (Å²) in [6, 6.07) is 14.9. The molecule has 0 amide bonds. The number of fused-ring (bicyclic) bond motifs is 1. The van der Waals surface area contributed by atoms with Crippen molar-refractivity contribution < 1.29 is 14.6 Å². The second-order valence-electron chi connectivity index (χ2n) is 7.11. The Hall–Kier alpha value is -3.71. The molecule has 0 radical (unpaired) electrons. The highest BCUT2D eigenvalue weighted by molar-refractivity contribution is 7.19. The summed E-state index contributed by atoms with van der Waals surface area (Å²) in [5, 5.41) is 9.76. The Bertz CT molecular complexity index is 1380. The van der Waals surface area contributed by atoms with Crippen LogP contribution in [0.2, 0.25) is 0 Å². The molecular formula is C24H20N2O4S. The molecule has 6 nitrogen and oxygen atoms in total. The molecule has 4 aromatic rings. The van der Waals surface area contributed by atoms with E-state index in [1.54, 1.807) is 44.4 Å². The van der Waals surface area contributed by atoms with E-state index in [9.17, 15) is 14.7 Å². The second kappa shape index (κ2) is 8.20. The predicted molar refractivity (Wildman–Crippen MR) is 123 cm³/mol. The lowest BCUT2D eigenvalue weighted by Crippen LogP contribution is -2.19. The summed E-state index contributed by atoms with van der Waals surface area (Å²) in [7, 11) is 1.56. The lowest BCUT2D eigenvalue weighted by Gasteiger charge is -2.07. The average Bonchev–Trinajstić information content (AvgIpc) is 3.15. The van der Waals surface area contributed by atoms with Crippen LogP contribution in [0.1, 0.15) is 32.1 Å². The first kappa shape index (κ1) is 20.6. The fourth-order valence-corrected chi connectivity index (χ4v) is 4.36. The Balaban J connectivity index is 1.90. The van der Waals surface area contributed by atoms with Crippen molar-refractivity contribution in [3.63, 3.8) is 0 Å². The van der Waals surface area contributed by atoms with E-state index in [-0.39, 0.29) is 10.4 Å². The average molecular weight is 433 g/mol. The molecule has 0 saturated heterocycles. The third-order valence-electron chi connectivity index (χ3n) is 4.98. The normalized spacial score (nSPS) is 11.3. The number of hydrogen-bond donors (Lipinski definition) is 1. The van der Waals surface area contributed by atoms with Gasteiger partial charge in [0.15, 0.2) is 4.96 Å². The Morgan fingerprint density at radius 3 is 2.52 bits per heavy atom. The summed E-state index contributed by atoms with van der Waals surface area (Å²) in [5.41, 5.74) is 3.75. The van der Waals surface area contributed by atoms with Gasteiger partial charge in [-0.1, -0.05) is 47.2 Å². The number of benzene rings is 2. The number of aromatic nitrogens is 2. The van der Waals surface area contributed by atoms with Crippen LogP contribution in [0.5, 0.6) is 5.75 Å². The van der Waals surface area contributed by atoms with E-state index in [1.165, 1.54) is 4.40 Å². The number of rotatable bonds is 5. The van der Waals surface area contributed by atoms with Crippen LogP contribution in [0.25, 0.3) is 28.4 Å². The van der Waals surface area contributed by atoms with Crippen molar-refractivity contribution in [2.75, 3.05) is 7.11 Å². The lowest BCUT2D eigenvalue weighted by atomic mass is 10.1. The van der Waals surface area contributed by atoms with E-state index in [4.69, 9.17) is 4.74 Å². The molecular weight excluding hydrogens is 412 g/mol. The van der Waals surface area contributed by atoms with Gasteiger partial charge in [0.25, 0.3) is 5.56 Å². The van der Waals surface area contributed by atoms with Crippen LogP contribution in [0.3, 0.4) is 0 Å². The zero-order valence-electron chi connectivity index (χ0n) is 17.2. The number of carbonyl (C=O) groups is 1. The molecule has 2 aromatic carbocycles. The van der Waals surface area contributed by atoms with Crippen molar-refractivity contribution in [2.45, 2.75) is 13.8 Å². The van der Waals surface area contributed by atoms with Crippen molar-refractivity contribution in [3.05, 3.63) is 86.1 Å². The number of aryl methyl sites for hydroxylation is 1. The van der Waals surface area contributed by atoms with Gasteiger partial charge in [-0.25, -0.2) is 14.2 Å². The van der Waals surface area contributed by atoms with Gasteiger partial charge < -0.3 is 9.84 Å². The number of methoxy groups -OCH3 is 1. The van der Waals surface area contributed by atoms with Crippen LogP contribution < -0.4 is 10.3 Å². The summed E-state index contributed by atoms with van der Waals surface area (Å²) in [5.74, 6) is -0.458. The van der Waals surface area contributed by atoms with Crippen LogP contribution in [0.15, 0.2) is 53.3 Å². The highest BCUT2D eigenvalue weighted by atomic mass is 32.1. The van der Waals surface area contributed by atoms with Gasteiger partial charge in [-0.15, -0.1) is 0 Å². The van der Waals surface area contributed by atoms with E-state index in [0.717, 1.165) is 22.5 Å². The van der Waals surface area contributed by atoms with E-state index >= 15 is 0 Å². The van der Waals surface area contributed by atoms with Crippen molar-refractivity contribution in [1.29, 1.82) is 0 Å². The number of aromatic carboxylic acids is 1. The predicted octanol–water partition coefficient (Wildman–Crippen LogP) is 4.92. The number of ether oxygens (including phenoxy) is 1. The number of thiazole rings is 1. The third kappa shape index (κ3) is 3.87. The zero-order chi connectivity index (χ0) is 22.1. The fourth-order valence-electron chi connectivity index (χ4n) is 3.37. The quantitative estimate of drug-likeness (QED) is 0.484. The van der Waals surface area contributed by atoms with Crippen LogP contribution in [0.4, 0.5) is 0 Å². The summed E-state index contributed by atoms with van der Waals surface area (Å²) in [6.07, 6.45) is 3.69. The number of carboxylic acid groups (broad SMARTS) is 1. The molecule has 0 unspecified atom stereocenters. The Morgan fingerprint density at radius 2 is 1.87 bits per heavy atom.